The summed E-state index contributed by atoms with van der Waals surface area (Å²) in [5.41, 5.74) is 3.46. The quantitative estimate of drug-likeness (QED) is 0.389. The monoisotopic (exact) mass is 498 g/mol. The minimum Gasteiger partial charge on any atom is -0.481 e. The van der Waals surface area contributed by atoms with E-state index in [1.54, 1.807) is 25.4 Å². The number of aromatic nitrogens is 4. The van der Waals surface area contributed by atoms with Gasteiger partial charge in [0.15, 0.2) is 5.78 Å². The summed E-state index contributed by atoms with van der Waals surface area (Å²) in [5, 5.41) is 7.89. The van der Waals surface area contributed by atoms with Crippen LogP contribution >= 0.6 is 0 Å². The number of amides is 2. The Hall–Kier alpha value is -4.60. The molecule has 1 saturated heterocycles. The Morgan fingerprint density at radius 3 is 2.57 bits per heavy atom. The number of methoxy groups -OCH3 is 1. The number of rotatable bonds is 7. The molecule has 10 heteroatoms. The van der Waals surface area contributed by atoms with Crippen molar-refractivity contribution in [2.45, 2.75) is 32.9 Å². The molecule has 4 heterocycles. The van der Waals surface area contributed by atoms with Gasteiger partial charge in [-0.15, -0.1) is 0 Å². The van der Waals surface area contributed by atoms with Gasteiger partial charge in [-0.2, -0.15) is 5.10 Å². The van der Waals surface area contributed by atoms with Crippen molar-refractivity contribution in [2.75, 3.05) is 19.0 Å². The molecule has 1 atom stereocenters. The van der Waals surface area contributed by atoms with Crippen LogP contribution in [0, 0.1) is 6.92 Å². The van der Waals surface area contributed by atoms with Gasteiger partial charge < -0.3 is 15.0 Å². The Bertz CT molecular complexity index is 1510. The van der Waals surface area contributed by atoms with Crippen LogP contribution in [0.2, 0.25) is 0 Å². The second kappa shape index (κ2) is 9.81. The predicted octanol–water partition coefficient (Wildman–Crippen LogP) is 3.25. The van der Waals surface area contributed by atoms with E-state index >= 15 is 0 Å². The summed E-state index contributed by atoms with van der Waals surface area (Å²) in [6.45, 7) is 3.69. The first-order valence-corrected chi connectivity index (χ1v) is 11.9. The van der Waals surface area contributed by atoms with Crippen LogP contribution in [0.15, 0.2) is 54.7 Å². The lowest BCUT2D eigenvalue weighted by Crippen LogP contribution is -2.57. The van der Waals surface area contributed by atoms with E-state index in [4.69, 9.17) is 4.74 Å². The number of fused-ring (bicyclic) bond motifs is 1. The maximum atomic E-state index is 13.2. The van der Waals surface area contributed by atoms with Gasteiger partial charge in [-0.1, -0.05) is 12.1 Å². The third-order valence-corrected chi connectivity index (χ3v) is 6.43. The molecule has 1 aliphatic rings. The molecule has 3 aromatic heterocycles. The molecule has 10 nitrogen and oxygen atoms in total. The second-order valence-electron chi connectivity index (χ2n) is 8.93. The number of hydrogen-bond donors (Lipinski definition) is 1. The number of pyridine rings is 2. The highest BCUT2D eigenvalue weighted by Gasteiger charge is 2.38. The van der Waals surface area contributed by atoms with Crippen molar-refractivity contribution in [2.24, 2.45) is 0 Å². The summed E-state index contributed by atoms with van der Waals surface area (Å²) in [6, 6.07) is 14.1. The summed E-state index contributed by atoms with van der Waals surface area (Å²) >= 11 is 0. The number of likely N-dealkylation sites (tertiary alicyclic amines) is 1. The molecular weight excluding hydrogens is 472 g/mol. The van der Waals surface area contributed by atoms with Crippen LogP contribution < -0.4 is 10.1 Å². The highest BCUT2D eigenvalue weighted by molar-refractivity contribution is 6.06. The standard InChI is InChI=1S/C27H26N6O4/c1-16-5-4-6-23(29-16)30-27(36)22-11-12-32(22)25(35)15-33-21-9-7-18(13-20(21)26(31-33)17(2)34)19-8-10-24(37-3)28-14-19/h4-10,13-14,22H,11-12,15H2,1-3H3,(H,29,30,36)/t22-/m0/s1. The maximum Gasteiger partial charge on any atom is 0.248 e. The van der Waals surface area contributed by atoms with E-state index in [0.717, 1.165) is 16.8 Å². The third kappa shape index (κ3) is 4.77. The second-order valence-corrected chi connectivity index (χ2v) is 8.93. The number of ketones is 1. The molecule has 1 aliphatic heterocycles. The molecule has 0 saturated carbocycles. The molecule has 0 bridgehead atoms. The fraction of sp³-hybridized carbons (Fsp3) is 0.259. The Kier molecular flexibility index (Phi) is 6.39. The summed E-state index contributed by atoms with van der Waals surface area (Å²) in [5.74, 6) is 0.245. The van der Waals surface area contributed by atoms with Gasteiger partial charge in [-0.25, -0.2) is 9.97 Å². The molecule has 0 spiro atoms. The molecule has 0 unspecified atom stereocenters. The molecular formula is C27H26N6O4. The number of hydrogen-bond acceptors (Lipinski definition) is 7. The van der Waals surface area contributed by atoms with Gasteiger partial charge in [0.25, 0.3) is 0 Å². The lowest BCUT2D eigenvalue weighted by Gasteiger charge is -2.39. The van der Waals surface area contributed by atoms with Crippen LogP contribution in [0.25, 0.3) is 22.0 Å². The van der Waals surface area contributed by atoms with Gasteiger partial charge in [-0.3, -0.25) is 19.1 Å². The summed E-state index contributed by atoms with van der Waals surface area (Å²) in [4.78, 5) is 48.4. The van der Waals surface area contributed by atoms with E-state index in [1.807, 2.05) is 43.3 Å². The number of Topliss-reactive ketones (excluding diaryl/α,β-unsaturated/α-hetero) is 1. The molecule has 1 fully saturated rings. The number of aryl methyl sites for hydroxylation is 1. The summed E-state index contributed by atoms with van der Waals surface area (Å²) in [7, 11) is 1.55. The highest BCUT2D eigenvalue weighted by Crippen LogP contribution is 2.28. The van der Waals surface area contributed by atoms with Crippen LogP contribution in [-0.4, -0.2) is 61.9 Å². The fourth-order valence-electron chi connectivity index (χ4n) is 4.41. The molecule has 188 valence electrons. The minimum absolute atomic E-state index is 0.0836. The maximum absolute atomic E-state index is 13.2. The van der Waals surface area contributed by atoms with E-state index in [-0.39, 0.29) is 29.8 Å². The molecule has 2 amide bonds. The molecule has 1 aromatic carbocycles. The number of nitrogens with one attached hydrogen (secondary N) is 1. The van der Waals surface area contributed by atoms with Gasteiger partial charge in [0.05, 0.1) is 12.6 Å². The van der Waals surface area contributed by atoms with E-state index < -0.39 is 6.04 Å². The summed E-state index contributed by atoms with van der Waals surface area (Å²) in [6.07, 6.45) is 2.27. The van der Waals surface area contributed by atoms with Gasteiger partial charge in [0.1, 0.15) is 24.1 Å². The zero-order valence-electron chi connectivity index (χ0n) is 20.8. The van der Waals surface area contributed by atoms with Crippen LogP contribution in [-0.2, 0) is 16.1 Å². The van der Waals surface area contributed by atoms with E-state index in [1.165, 1.54) is 16.5 Å². The Balaban J connectivity index is 1.36. The Morgan fingerprint density at radius 2 is 1.92 bits per heavy atom. The Labute approximate surface area is 213 Å². The number of benzene rings is 1. The van der Waals surface area contributed by atoms with Gasteiger partial charge in [0, 0.05) is 42.4 Å². The van der Waals surface area contributed by atoms with Crippen molar-refractivity contribution in [1.82, 2.24) is 24.6 Å². The lowest BCUT2D eigenvalue weighted by atomic mass is 10.0. The number of anilines is 1. The number of ether oxygens (including phenoxy) is 1. The number of nitrogens with zero attached hydrogens (tertiary/aromatic N) is 5. The van der Waals surface area contributed by atoms with E-state index in [0.29, 0.717) is 35.6 Å². The van der Waals surface area contributed by atoms with Crippen molar-refractivity contribution >= 4 is 34.3 Å². The Morgan fingerprint density at radius 1 is 1.11 bits per heavy atom. The van der Waals surface area contributed by atoms with Crippen molar-refractivity contribution in [3.05, 3.63) is 66.1 Å². The molecule has 4 aromatic rings. The zero-order valence-corrected chi connectivity index (χ0v) is 20.8. The van der Waals surface area contributed by atoms with E-state index in [2.05, 4.69) is 20.4 Å². The van der Waals surface area contributed by atoms with Gasteiger partial charge in [-0.05, 0) is 49.2 Å². The van der Waals surface area contributed by atoms with Crippen LogP contribution in [0.4, 0.5) is 5.82 Å². The van der Waals surface area contributed by atoms with Gasteiger partial charge in [0.2, 0.25) is 17.7 Å². The van der Waals surface area contributed by atoms with Crippen molar-refractivity contribution in [3.63, 3.8) is 0 Å². The first-order valence-electron chi connectivity index (χ1n) is 11.9. The average Bonchev–Trinajstić information content (AvgIpc) is 3.21. The zero-order chi connectivity index (χ0) is 26.1. The van der Waals surface area contributed by atoms with Crippen LogP contribution in [0.3, 0.4) is 0 Å². The normalized spacial score (nSPS) is 14.8. The van der Waals surface area contributed by atoms with Gasteiger partial charge >= 0.3 is 0 Å². The van der Waals surface area contributed by atoms with Crippen LogP contribution in [0.1, 0.15) is 29.5 Å². The molecule has 5 rings (SSSR count). The molecule has 0 aliphatic carbocycles. The van der Waals surface area contributed by atoms with Crippen molar-refractivity contribution in [3.8, 4) is 17.0 Å². The minimum atomic E-state index is -0.571. The molecule has 1 N–H and O–H groups in total. The first kappa shape index (κ1) is 24.1. The SMILES string of the molecule is COc1ccc(-c2ccc3c(c2)c(C(C)=O)nn3CC(=O)N2CC[C@H]2C(=O)Nc2cccc(C)n2)cn1. The highest BCUT2D eigenvalue weighted by atomic mass is 16.5. The lowest BCUT2D eigenvalue weighted by molar-refractivity contribution is -0.145. The fourth-order valence-corrected chi connectivity index (χ4v) is 4.41. The number of carbonyl (C=O) groups excluding carboxylic acids is 3. The molecule has 37 heavy (non-hydrogen) atoms. The first-order chi connectivity index (χ1) is 17.8. The number of carbonyl (C=O) groups is 3. The van der Waals surface area contributed by atoms with E-state index in [9.17, 15) is 14.4 Å². The van der Waals surface area contributed by atoms with Crippen LogP contribution in [0.5, 0.6) is 5.88 Å². The topological polar surface area (TPSA) is 119 Å². The molecule has 0 radical (unpaired) electrons. The largest absolute Gasteiger partial charge is 0.481 e. The van der Waals surface area contributed by atoms with Crippen molar-refractivity contribution in [1.29, 1.82) is 0 Å². The third-order valence-electron chi connectivity index (χ3n) is 6.43. The smallest absolute Gasteiger partial charge is 0.248 e. The average molecular weight is 499 g/mol. The summed E-state index contributed by atoms with van der Waals surface area (Å²) < 4.78 is 6.65. The van der Waals surface area contributed by atoms with Crippen molar-refractivity contribution < 1.29 is 19.1 Å². The predicted molar refractivity (Wildman–Crippen MR) is 137 cm³/mol.